The molecule has 2 aromatic carbocycles. The fourth-order valence-electron chi connectivity index (χ4n) is 3.11. The summed E-state index contributed by atoms with van der Waals surface area (Å²) in [6.07, 6.45) is 0. The van der Waals surface area contributed by atoms with Gasteiger partial charge in [-0.1, -0.05) is 6.07 Å². The fraction of sp³-hybridized carbons (Fsp3) is 0.273. The number of carbonyl (C=O) groups is 1. The molecule has 0 aliphatic heterocycles. The summed E-state index contributed by atoms with van der Waals surface area (Å²) in [7, 11) is 4.81. The second-order valence-corrected chi connectivity index (χ2v) is 6.58. The molecule has 0 fully saturated rings. The zero-order valence-corrected chi connectivity index (χ0v) is 17.3. The van der Waals surface area contributed by atoms with Gasteiger partial charge in [0, 0.05) is 5.56 Å². The lowest BCUT2D eigenvalue weighted by Crippen LogP contribution is -2.13. The van der Waals surface area contributed by atoms with E-state index >= 15 is 0 Å². The van der Waals surface area contributed by atoms with E-state index in [1.807, 2.05) is 36.7 Å². The van der Waals surface area contributed by atoms with E-state index in [4.69, 9.17) is 14.2 Å². The average molecular weight is 395 g/mol. The zero-order valence-electron chi connectivity index (χ0n) is 17.3. The van der Waals surface area contributed by atoms with Crippen molar-refractivity contribution in [3.8, 4) is 17.2 Å². The number of hydrogen-bond acceptors (Lipinski definition) is 5. The van der Waals surface area contributed by atoms with Gasteiger partial charge in [-0.15, -0.1) is 0 Å². The van der Waals surface area contributed by atoms with Crippen LogP contribution in [0.4, 0.5) is 5.69 Å². The van der Waals surface area contributed by atoms with Gasteiger partial charge < -0.3 is 19.5 Å². The van der Waals surface area contributed by atoms with Crippen LogP contribution in [0.1, 0.15) is 27.3 Å². The first-order valence-corrected chi connectivity index (χ1v) is 9.17. The molecule has 0 saturated carbocycles. The van der Waals surface area contributed by atoms with Crippen LogP contribution in [0, 0.1) is 13.8 Å². The maximum atomic E-state index is 12.6. The van der Waals surface area contributed by atoms with Gasteiger partial charge in [0.2, 0.25) is 0 Å². The summed E-state index contributed by atoms with van der Waals surface area (Å²) in [5, 5.41) is 7.56. The highest BCUT2D eigenvalue weighted by atomic mass is 16.5. The van der Waals surface area contributed by atoms with Crippen molar-refractivity contribution in [2.24, 2.45) is 0 Å². The van der Waals surface area contributed by atoms with Gasteiger partial charge in [-0.05, 0) is 55.8 Å². The van der Waals surface area contributed by atoms with E-state index in [2.05, 4.69) is 10.4 Å². The molecule has 0 aliphatic carbocycles. The number of nitrogens with zero attached hydrogens (tertiary/aromatic N) is 2. The van der Waals surface area contributed by atoms with E-state index in [0.717, 1.165) is 17.0 Å². The van der Waals surface area contributed by atoms with Crippen molar-refractivity contribution in [1.29, 1.82) is 0 Å². The lowest BCUT2D eigenvalue weighted by molar-refractivity contribution is 0.102. The minimum Gasteiger partial charge on any atom is -0.497 e. The molecule has 0 unspecified atom stereocenters. The molecule has 0 spiro atoms. The van der Waals surface area contributed by atoms with E-state index < -0.39 is 0 Å². The summed E-state index contributed by atoms with van der Waals surface area (Å²) in [4.78, 5) is 12.6. The molecule has 0 atom stereocenters. The summed E-state index contributed by atoms with van der Waals surface area (Å²) >= 11 is 0. The maximum Gasteiger partial charge on any atom is 0.255 e. The SMILES string of the molecule is COc1ccc(C(=O)Nc2c(C)nn(Cc3ccc(OC)c(OC)c3)c2C)cc1. The number of hydrogen-bond donors (Lipinski definition) is 1. The molecule has 1 aromatic heterocycles. The third-order valence-electron chi connectivity index (χ3n) is 4.75. The molecule has 7 heteroatoms. The van der Waals surface area contributed by atoms with Gasteiger partial charge in [-0.25, -0.2) is 0 Å². The Bertz CT molecular complexity index is 1010. The van der Waals surface area contributed by atoms with Crippen molar-refractivity contribution in [3.05, 3.63) is 65.0 Å². The molecule has 0 saturated heterocycles. The predicted molar refractivity (Wildman–Crippen MR) is 111 cm³/mol. The standard InChI is InChI=1S/C22H25N3O4/c1-14-21(23-22(26)17-7-9-18(27-3)10-8-17)15(2)25(24-14)13-16-6-11-19(28-4)20(12-16)29-5/h6-12H,13H2,1-5H3,(H,23,26). The molecule has 1 amide bonds. The molecule has 29 heavy (non-hydrogen) atoms. The normalized spacial score (nSPS) is 10.5. The van der Waals surface area contributed by atoms with E-state index in [1.165, 1.54) is 0 Å². The molecule has 3 rings (SSSR count). The minimum absolute atomic E-state index is 0.190. The highest BCUT2D eigenvalue weighted by Crippen LogP contribution is 2.29. The Labute approximate surface area is 170 Å². The van der Waals surface area contributed by atoms with Gasteiger partial charge in [0.25, 0.3) is 5.91 Å². The summed E-state index contributed by atoms with van der Waals surface area (Å²) in [5.74, 6) is 1.86. The van der Waals surface area contributed by atoms with Gasteiger partial charge in [-0.2, -0.15) is 5.10 Å². The summed E-state index contributed by atoms with van der Waals surface area (Å²) in [6, 6.07) is 12.7. The van der Waals surface area contributed by atoms with Crippen LogP contribution in [0.2, 0.25) is 0 Å². The number of rotatable bonds is 7. The summed E-state index contributed by atoms with van der Waals surface area (Å²) in [6.45, 7) is 4.36. The Hall–Kier alpha value is -3.48. The average Bonchev–Trinajstić information content (AvgIpc) is 3.00. The smallest absolute Gasteiger partial charge is 0.255 e. The number of ether oxygens (including phenoxy) is 3. The van der Waals surface area contributed by atoms with Crippen LogP contribution in [0.25, 0.3) is 0 Å². The number of amides is 1. The monoisotopic (exact) mass is 395 g/mol. The van der Waals surface area contributed by atoms with Gasteiger partial charge in [0.05, 0.1) is 44.9 Å². The second-order valence-electron chi connectivity index (χ2n) is 6.58. The topological polar surface area (TPSA) is 74.6 Å². The van der Waals surface area contributed by atoms with Crippen molar-refractivity contribution in [1.82, 2.24) is 9.78 Å². The van der Waals surface area contributed by atoms with Gasteiger partial charge in [0.15, 0.2) is 11.5 Å². The lowest BCUT2D eigenvalue weighted by atomic mass is 10.2. The predicted octanol–water partition coefficient (Wildman–Crippen LogP) is 3.83. The van der Waals surface area contributed by atoms with Crippen LogP contribution in [0.5, 0.6) is 17.2 Å². The van der Waals surface area contributed by atoms with E-state index in [0.29, 0.717) is 35.0 Å². The largest absolute Gasteiger partial charge is 0.497 e. The van der Waals surface area contributed by atoms with E-state index in [9.17, 15) is 4.79 Å². The van der Waals surface area contributed by atoms with Gasteiger partial charge in [-0.3, -0.25) is 9.48 Å². The van der Waals surface area contributed by atoms with Gasteiger partial charge in [0.1, 0.15) is 5.75 Å². The molecule has 1 heterocycles. The van der Waals surface area contributed by atoms with Crippen LogP contribution >= 0.6 is 0 Å². The zero-order chi connectivity index (χ0) is 21.0. The Kier molecular flexibility index (Phi) is 6.07. The second kappa shape index (κ2) is 8.68. The highest BCUT2D eigenvalue weighted by molar-refractivity contribution is 6.04. The first kappa shape index (κ1) is 20.3. The number of anilines is 1. The Morgan fingerprint density at radius 3 is 2.28 bits per heavy atom. The molecule has 7 nitrogen and oxygen atoms in total. The Morgan fingerprint density at radius 1 is 0.966 bits per heavy atom. The molecule has 3 aromatic rings. The molecular weight excluding hydrogens is 370 g/mol. The molecule has 1 N–H and O–H groups in total. The fourth-order valence-corrected chi connectivity index (χ4v) is 3.11. The number of carbonyl (C=O) groups excluding carboxylic acids is 1. The third-order valence-corrected chi connectivity index (χ3v) is 4.75. The molecule has 152 valence electrons. The minimum atomic E-state index is -0.190. The highest BCUT2D eigenvalue weighted by Gasteiger charge is 2.16. The van der Waals surface area contributed by atoms with Crippen molar-refractivity contribution in [3.63, 3.8) is 0 Å². The Balaban J connectivity index is 1.80. The Morgan fingerprint density at radius 2 is 1.66 bits per heavy atom. The first-order valence-electron chi connectivity index (χ1n) is 9.17. The molecular formula is C22H25N3O4. The van der Waals surface area contributed by atoms with E-state index in [-0.39, 0.29) is 5.91 Å². The molecule has 0 radical (unpaired) electrons. The van der Waals surface area contributed by atoms with Crippen molar-refractivity contribution in [2.45, 2.75) is 20.4 Å². The lowest BCUT2D eigenvalue weighted by Gasteiger charge is -2.11. The van der Waals surface area contributed by atoms with Crippen LogP contribution < -0.4 is 19.5 Å². The third kappa shape index (κ3) is 4.34. The van der Waals surface area contributed by atoms with E-state index in [1.54, 1.807) is 45.6 Å². The number of aromatic nitrogens is 2. The first-order chi connectivity index (χ1) is 14.0. The van der Waals surface area contributed by atoms with Crippen LogP contribution in [0.3, 0.4) is 0 Å². The van der Waals surface area contributed by atoms with Crippen molar-refractivity contribution < 1.29 is 19.0 Å². The van der Waals surface area contributed by atoms with Crippen LogP contribution in [-0.2, 0) is 6.54 Å². The number of benzene rings is 2. The number of methoxy groups -OCH3 is 3. The quantitative estimate of drug-likeness (QED) is 0.658. The van der Waals surface area contributed by atoms with Crippen molar-refractivity contribution in [2.75, 3.05) is 26.6 Å². The van der Waals surface area contributed by atoms with Crippen LogP contribution in [-0.4, -0.2) is 37.0 Å². The van der Waals surface area contributed by atoms with Gasteiger partial charge >= 0.3 is 0 Å². The van der Waals surface area contributed by atoms with Crippen LogP contribution in [0.15, 0.2) is 42.5 Å². The number of nitrogens with one attached hydrogen (secondary N) is 1. The van der Waals surface area contributed by atoms with Crippen molar-refractivity contribution >= 4 is 11.6 Å². The summed E-state index contributed by atoms with van der Waals surface area (Å²) < 4.78 is 17.7. The summed E-state index contributed by atoms with van der Waals surface area (Å²) in [5.41, 5.74) is 3.91. The molecule has 0 bridgehead atoms. The molecule has 0 aliphatic rings. The maximum absolute atomic E-state index is 12.6. The number of aryl methyl sites for hydroxylation is 1.